The van der Waals surface area contributed by atoms with Crippen molar-refractivity contribution in [2.75, 3.05) is 17.4 Å². The van der Waals surface area contributed by atoms with Gasteiger partial charge in [-0.05, 0) is 73.4 Å². The summed E-state index contributed by atoms with van der Waals surface area (Å²) in [5.74, 6) is -0.820. The molecule has 0 aliphatic heterocycles. The van der Waals surface area contributed by atoms with Crippen LogP contribution in [0.25, 0.3) is 0 Å². The normalized spacial score (nSPS) is 11.9. The number of anilines is 1. The van der Waals surface area contributed by atoms with Crippen LogP contribution < -0.4 is 9.62 Å². The van der Waals surface area contributed by atoms with E-state index in [0.29, 0.717) is 17.1 Å². The number of halogens is 2. The Morgan fingerprint density at radius 3 is 2.22 bits per heavy atom. The van der Waals surface area contributed by atoms with Gasteiger partial charge in [0.2, 0.25) is 11.8 Å². The smallest absolute Gasteiger partial charge is 0.264 e. The Morgan fingerprint density at radius 1 is 0.891 bits per heavy atom. The fourth-order valence-corrected chi connectivity index (χ4v) is 6.95. The van der Waals surface area contributed by atoms with Crippen LogP contribution in [0.5, 0.6) is 0 Å². The largest absolute Gasteiger partial charge is 0.354 e. The van der Waals surface area contributed by atoms with E-state index >= 15 is 0 Å². The first-order valence-corrected chi connectivity index (χ1v) is 17.8. The first kappa shape index (κ1) is 35.2. The summed E-state index contributed by atoms with van der Waals surface area (Å²) in [6.07, 6.45) is 1.94. The van der Waals surface area contributed by atoms with Gasteiger partial charge < -0.3 is 10.2 Å². The minimum Gasteiger partial charge on any atom is -0.354 e. The molecule has 10 heteroatoms. The standard InChI is InChI=1S/C36H39BrClN3O4S/c1-4-5-21-39-36(43)34(22-28-9-7-6-8-10-28)40(24-29-14-16-30(37)17-15-29)35(42)25-41(33-23-31(38)18-13-27(33)3)46(44,45)32-19-11-26(2)12-20-32/h6-20,23,34H,4-5,21-22,24-25H2,1-3H3,(H,39,43). The fourth-order valence-electron chi connectivity index (χ4n) is 5.05. The predicted octanol–water partition coefficient (Wildman–Crippen LogP) is 7.47. The molecular formula is C36H39BrClN3O4S. The topological polar surface area (TPSA) is 86.8 Å². The summed E-state index contributed by atoms with van der Waals surface area (Å²) >= 11 is 9.83. The lowest BCUT2D eigenvalue weighted by atomic mass is 10.0. The minimum absolute atomic E-state index is 0.0443. The number of amides is 2. The number of sulfonamides is 1. The molecule has 1 N–H and O–H groups in total. The summed E-state index contributed by atoms with van der Waals surface area (Å²) in [6.45, 7) is 5.71. The van der Waals surface area contributed by atoms with Crippen LogP contribution in [0.2, 0.25) is 5.02 Å². The quantitative estimate of drug-likeness (QED) is 0.137. The van der Waals surface area contributed by atoms with Crippen LogP contribution in [0.1, 0.15) is 42.0 Å². The number of hydrogen-bond acceptors (Lipinski definition) is 4. The molecule has 0 saturated carbocycles. The van der Waals surface area contributed by atoms with Crippen molar-refractivity contribution in [2.45, 2.75) is 57.5 Å². The number of hydrogen-bond donors (Lipinski definition) is 1. The maximum absolute atomic E-state index is 14.6. The average Bonchev–Trinajstić information content (AvgIpc) is 3.04. The number of aryl methyl sites for hydroxylation is 2. The molecule has 4 aromatic carbocycles. The molecular weight excluding hydrogens is 686 g/mol. The van der Waals surface area contributed by atoms with E-state index in [-0.39, 0.29) is 29.5 Å². The second-order valence-corrected chi connectivity index (χ2v) is 14.5. The van der Waals surface area contributed by atoms with Crippen molar-refractivity contribution in [1.29, 1.82) is 0 Å². The van der Waals surface area contributed by atoms with Crippen LogP contribution in [0, 0.1) is 13.8 Å². The second-order valence-electron chi connectivity index (χ2n) is 11.3. The predicted molar refractivity (Wildman–Crippen MR) is 188 cm³/mol. The summed E-state index contributed by atoms with van der Waals surface area (Å²) in [5.41, 5.74) is 3.49. The van der Waals surface area contributed by atoms with Crippen molar-refractivity contribution in [3.63, 3.8) is 0 Å². The number of carbonyl (C=O) groups excluding carboxylic acids is 2. The highest BCUT2D eigenvalue weighted by molar-refractivity contribution is 9.10. The molecule has 4 rings (SSSR count). The monoisotopic (exact) mass is 723 g/mol. The fraction of sp³-hybridized carbons (Fsp3) is 0.278. The molecule has 0 radical (unpaired) electrons. The summed E-state index contributed by atoms with van der Waals surface area (Å²) < 4.78 is 30.5. The molecule has 0 aromatic heterocycles. The Kier molecular flexibility index (Phi) is 12.4. The van der Waals surface area contributed by atoms with E-state index in [0.717, 1.165) is 38.3 Å². The van der Waals surface area contributed by atoms with Crippen LogP contribution >= 0.6 is 27.5 Å². The Balaban J connectivity index is 1.81. The van der Waals surface area contributed by atoms with Crippen LogP contribution in [-0.4, -0.2) is 44.3 Å². The van der Waals surface area contributed by atoms with Gasteiger partial charge in [0.25, 0.3) is 10.0 Å². The van der Waals surface area contributed by atoms with E-state index in [4.69, 9.17) is 11.6 Å². The van der Waals surface area contributed by atoms with E-state index < -0.39 is 28.5 Å². The second kappa shape index (κ2) is 16.3. The molecule has 0 heterocycles. The van der Waals surface area contributed by atoms with Gasteiger partial charge in [0.1, 0.15) is 12.6 Å². The Morgan fingerprint density at radius 2 is 1.57 bits per heavy atom. The lowest BCUT2D eigenvalue weighted by Gasteiger charge is -2.34. The van der Waals surface area contributed by atoms with Crippen molar-refractivity contribution in [1.82, 2.24) is 10.2 Å². The van der Waals surface area contributed by atoms with Gasteiger partial charge in [-0.2, -0.15) is 0 Å². The van der Waals surface area contributed by atoms with Crippen LogP contribution in [0.15, 0.2) is 106 Å². The minimum atomic E-state index is -4.22. The number of unbranched alkanes of at least 4 members (excludes halogenated alkanes) is 1. The number of carbonyl (C=O) groups is 2. The summed E-state index contributed by atoms with van der Waals surface area (Å²) in [7, 11) is -4.22. The Hall–Kier alpha value is -3.66. The van der Waals surface area contributed by atoms with Crippen molar-refractivity contribution in [3.8, 4) is 0 Å². The maximum atomic E-state index is 14.6. The third-order valence-corrected chi connectivity index (χ3v) is 10.2. The van der Waals surface area contributed by atoms with Crippen molar-refractivity contribution in [2.24, 2.45) is 0 Å². The molecule has 7 nitrogen and oxygen atoms in total. The van der Waals surface area contributed by atoms with Gasteiger partial charge >= 0.3 is 0 Å². The van der Waals surface area contributed by atoms with E-state index in [1.165, 1.54) is 17.0 Å². The van der Waals surface area contributed by atoms with Gasteiger partial charge in [-0.3, -0.25) is 13.9 Å². The maximum Gasteiger partial charge on any atom is 0.264 e. The zero-order valence-corrected chi connectivity index (χ0v) is 29.4. The van der Waals surface area contributed by atoms with E-state index in [9.17, 15) is 18.0 Å². The lowest BCUT2D eigenvalue weighted by molar-refractivity contribution is -0.140. The Labute approximate surface area is 285 Å². The molecule has 0 saturated heterocycles. The highest BCUT2D eigenvalue weighted by atomic mass is 79.9. The number of nitrogens with one attached hydrogen (secondary N) is 1. The first-order valence-electron chi connectivity index (χ1n) is 15.2. The molecule has 0 aliphatic carbocycles. The number of benzene rings is 4. The van der Waals surface area contributed by atoms with Gasteiger partial charge in [0.15, 0.2) is 0 Å². The van der Waals surface area contributed by atoms with E-state index in [1.807, 2.05) is 68.4 Å². The van der Waals surface area contributed by atoms with Crippen molar-refractivity contribution < 1.29 is 18.0 Å². The molecule has 0 aliphatic rings. The molecule has 0 spiro atoms. The molecule has 0 fully saturated rings. The van der Waals surface area contributed by atoms with Crippen molar-refractivity contribution >= 4 is 55.1 Å². The van der Waals surface area contributed by atoms with Gasteiger partial charge in [0, 0.05) is 29.0 Å². The van der Waals surface area contributed by atoms with Crippen LogP contribution in [-0.2, 0) is 32.6 Å². The number of rotatable bonds is 14. The molecule has 0 bridgehead atoms. The van der Waals surface area contributed by atoms with Crippen molar-refractivity contribution in [3.05, 3.63) is 129 Å². The summed E-state index contributed by atoms with van der Waals surface area (Å²) in [4.78, 5) is 30.0. The Bertz CT molecular complexity index is 1730. The van der Waals surface area contributed by atoms with E-state index in [1.54, 1.807) is 37.3 Å². The third-order valence-electron chi connectivity index (χ3n) is 7.69. The highest BCUT2D eigenvalue weighted by Gasteiger charge is 2.35. The molecule has 1 unspecified atom stereocenters. The van der Waals surface area contributed by atoms with Gasteiger partial charge in [-0.15, -0.1) is 0 Å². The average molecular weight is 725 g/mol. The SMILES string of the molecule is CCCCNC(=O)C(Cc1ccccc1)N(Cc1ccc(Br)cc1)C(=O)CN(c1cc(Cl)ccc1C)S(=O)(=O)c1ccc(C)cc1. The highest BCUT2D eigenvalue weighted by Crippen LogP contribution is 2.30. The molecule has 4 aromatic rings. The van der Waals surface area contributed by atoms with Crippen LogP contribution in [0.3, 0.4) is 0 Å². The third kappa shape index (κ3) is 9.21. The molecule has 46 heavy (non-hydrogen) atoms. The van der Waals surface area contributed by atoms with Gasteiger partial charge in [0.05, 0.1) is 10.6 Å². The molecule has 1 atom stereocenters. The zero-order chi connectivity index (χ0) is 33.3. The lowest BCUT2D eigenvalue weighted by Crippen LogP contribution is -2.53. The first-order chi connectivity index (χ1) is 22.0. The summed E-state index contributed by atoms with van der Waals surface area (Å²) in [6, 6.07) is 27.5. The van der Waals surface area contributed by atoms with Gasteiger partial charge in [-0.25, -0.2) is 8.42 Å². The molecule has 2 amide bonds. The van der Waals surface area contributed by atoms with Crippen LogP contribution in [0.4, 0.5) is 5.69 Å². The van der Waals surface area contributed by atoms with E-state index in [2.05, 4.69) is 21.2 Å². The molecule has 242 valence electrons. The zero-order valence-electron chi connectivity index (χ0n) is 26.2. The van der Waals surface area contributed by atoms with Gasteiger partial charge in [-0.1, -0.05) is 107 Å². The summed E-state index contributed by atoms with van der Waals surface area (Å²) in [5, 5.41) is 3.34. The number of nitrogens with zero attached hydrogens (tertiary/aromatic N) is 2.